The van der Waals surface area contributed by atoms with Crippen LogP contribution in [0.5, 0.6) is 17.2 Å². The third-order valence-corrected chi connectivity index (χ3v) is 4.96. The lowest BCUT2D eigenvalue weighted by molar-refractivity contribution is -0.136. The monoisotopic (exact) mass is 424 g/mol. The highest BCUT2D eigenvalue weighted by Gasteiger charge is 2.37. The summed E-state index contributed by atoms with van der Waals surface area (Å²) in [5, 5.41) is 0. The van der Waals surface area contributed by atoms with Crippen molar-refractivity contribution in [3.05, 3.63) is 64.6 Å². The quantitative estimate of drug-likeness (QED) is 0.499. The average molecular weight is 424 g/mol. The average Bonchev–Trinajstić information content (AvgIpc) is 3.02. The number of carbonyl (C=O) groups is 2. The first-order valence-corrected chi connectivity index (χ1v) is 9.47. The summed E-state index contributed by atoms with van der Waals surface area (Å²) in [4.78, 5) is 31.4. The summed E-state index contributed by atoms with van der Waals surface area (Å²) in [6.45, 7) is 2.00. The molecule has 31 heavy (non-hydrogen) atoms. The van der Waals surface area contributed by atoms with Gasteiger partial charge < -0.3 is 23.8 Å². The van der Waals surface area contributed by atoms with E-state index in [2.05, 4.69) is 4.98 Å². The van der Waals surface area contributed by atoms with E-state index in [1.54, 1.807) is 43.6 Å². The molecule has 1 aromatic heterocycles. The van der Waals surface area contributed by atoms with Gasteiger partial charge in [-0.2, -0.15) is 0 Å². The number of carbonyl (C=O) groups excluding carboxylic acids is 2. The Labute approximate surface area is 180 Å². The Kier molecular flexibility index (Phi) is 6.59. The molecule has 2 heterocycles. The Bertz CT molecular complexity index is 1030. The Morgan fingerprint density at radius 1 is 1.10 bits per heavy atom. The fourth-order valence-corrected chi connectivity index (χ4v) is 3.44. The van der Waals surface area contributed by atoms with Crippen molar-refractivity contribution in [2.24, 2.45) is 0 Å². The summed E-state index contributed by atoms with van der Waals surface area (Å²) in [5.41, 5.74) is 2.40. The van der Waals surface area contributed by atoms with Gasteiger partial charge in [0.2, 0.25) is 5.75 Å². The molecule has 0 atom stereocenters. The minimum atomic E-state index is -0.585. The first-order chi connectivity index (χ1) is 14.9. The van der Waals surface area contributed by atoms with Crippen LogP contribution in [0.4, 0.5) is 0 Å². The van der Waals surface area contributed by atoms with E-state index in [0.717, 1.165) is 5.56 Å². The molecule has 0 unspecified atom stereocenters. The standard InChI is InChI=1S/C23H24N2O6/c1-14-20(23(27)31-5)17(22(26)25(14)13-15-7-6-8-24-12-15)9-16-10-18(28-2)21(30-4)19(11-16)29-3/h6-12H,13H2,1-5H3. The largest absolute Gasteiger partial charge is 0.493 e. The number of pyridine rings is 1. The van der Waals surface area contributed by atoms with Crippen LogP contribution in [-0.4, -0.2) is 50.2 Å². The van der Waals surface area contributed by atoms with E-state index in [0.29, 0.717) is 28.5 Å². The van der Waals surface area contributed by atoms with E-state index in [1.807, 2.05) is 6.07 Å². The van der Waals surface area contributed by atoms with E-state index in [9.17, 15) is 9.59 Å². The van der Waals surface area contributed by atoms with Crippen molar-refractivity contribution in [1.82, 2.24) is 9.88 Å². The van der Waals surface area contributed by atoms with Gasteiger partial charge in [0.05, 0.1) is 46.1 Å². The predicted molar refractivity (Wildman–Crippen MR) is 114 cm³/mol. The molecule has 8 nitrogen and oxygen atoms in total. The molecule has 2 aromatic rings. The molecule has 1 aromatic carbocycles. The Morgan fingerprint density at radius 3 is 2.29 bits per heavy atom. The zero-order valence-corrected chi connectivity index (χ0v) is 18.1. The van der Waals surface area contributed by atoms with Gasteiger partial charge in [-0.3, -0.25) is 9.78 Å². The van der Waals surface area contributed by atoms with Crippen molar-refractivity contribution in [1.29, 1.82) is 0 Å². The Morgan fingerprint density at radius 2 is 1.77 bits per heavy atom. The van der Waals surface area contributed by atoms with E-state index in [-0.39, 0.29) is 23.6 Å². The second kappa shape index (κ2) is 9.34. The minimum Gasteiger partial charge on any atom is -0.493 e. The van der Waals surface area contributed by atoms with Crippen LogP contribution in [0.15, 0.2) is 53.5 Å². The normalized spacial score (nSPS) is 14.8. The highest BCUT2D eigenvalue weighted by molar-refractivity contribution is 6.16. The van der Waals surface area contributed by atoms with E-state index in [4.69, 9.17) is 18.9 Å². The molecule has 0 bridgehead atoms. The SMILES string of the molecule is COC(=O)C1=C(C)N(Cc2cccnc2)C(=O)C1=Cc1cc(OC)c(OC)c(OC)c1. The zero-order chi connectivity index (χ0) is 22.5. The zero-order valence-electron chi connectivity index (χ0n) is 18.1. The van der Waals surface area contributed by atoms with Crippen molar-refractivity contribution >= 4 is 18.0 Å². The summed E-state index contributed by atoms with van der Waals surface area (Å²) in [6.07, 6.45) is 4.96. The molecular formula is C23H24N2O6. The van der Waals surface area contributed by atoms with Crippen LogP contribution in [0.2, 0.25) is 0 Å². The van der Waals surface area contributed by atoms with Crippen LogP contribution in [0.3, 0.4) is 0 Å². The van der Waals surface area contributed by atoms with Gasteiger partial charge in [-0.25, -0.2) is 4.79 Å². The molecule has 1 aliphatic heterocycles. The van der Waals surface area contributed by atoms with E-state index >= 15 is 0 Å². The topological polar surface area (TPSA) is 87.2 Å². The summed E-state index contributed by atoms with van der Waals surface area (Å²) >= 11 is 0. The fraction of sp³-hybridized carbons (Fsp3) is 0.261. The summed E-state index contributed by atoms with van der Waals surface area (Å²) in [6, 6.07) is 7.07. The lowest BCUT2D eigenvalue weighted by Gasteiger charge is -2.17. The molecule has 1 aliphatic rings. The van der Waals surface area contributed by atoms with Gasteiger partial charge in [-0.1, -0.05) is 6.07 Å². The van der Waals surface area contributed by atoms with Crippen LogP contribution in [0.1, 0.15) is 18.1 Å². The number of methoxy groups -OCH3 is 4. The molecule has 0 saturated carbocycles. The van der Waals surface area contributed by atoms with Gasteiger partial charge in [0.15, 0.2) is 11.5 Å². The molecular weight excluding hydrogens is 400 g/mol. The van der Waals surface area contributed by atoms with E-state index in [1.165, 1.54) is 33.3 Å². The number of ether oxygens (including phenoxy) is 4. The van der Waals surface area contributed by atoms with Crippen molar-refractivity contribution in [2.75, 3.05) is 28.4 Å². The highest BCUT2D eigenvalue weighted by atomic mass is 16.5. The van der Waals surface area contributed by atoms with Crippen LogP contribution >= 0.6 is 0 Å². The highest BCUT2D eigenvalue weighted by Crippen LogP contribution is 2.40. The molecule has 0 spiro atoms. The number of aromatic nitrogens is 1. The number of amides is 1. The predicted octanol–water partition coefficient (Wildman–Crippen LogP) is 2.98. The molecule has 3 rings (SSSR count). The molecule has 0 N–H and O–H groups in total. The van der Waals surface area contributed by atoms with Gasteiger partial charge in [-0.05, 0) is 42.3 Å². The molecule has 0 fully saturated rings. The number of hydrogen-bond acceptors (Lipinski definition) is 7. The van der Waals surface area contributed by atoms with Crippen molar-refractivity contribution in [2.45, 2.75) is 13.5 Å². The molecule has 0 radical (unpaired) electrons. The number of benzene rings is 1. The number of rotatable bonds is 7. The molecule has 162 valence electrons. The maximum Gasteiger partial charge on any atom is 0.340 e. The fourth-order valence-electron chi connectivity index (χ4n) is 3.44. The third-order valence-electron chi connectivity index (χ3n) is 4.96. The Hall–Kier alpha value is -3.81. The number of allylic oxidation sites excluding steroid dienone is 1. The maximum atomic E-state index is 13.3. The van der Waals surface area contributed by atoms with Crippen LogP contribution < -0.4 is 14.2 Å². The van der Waals surface area contributed by atoms with Gasteiger partial charge in [0, 0.05) is 18.1 Å². The van der Waals surface area contributed by atoms with Crippen LogP contribution in [0.25, 0.3) is 6.08 Å². The van der Waals surface area contributed by atoms with Gasteiger partial charge in [-0.15, -0.1) is 0 Å². The Balaban J connectivity index is 2.09. The van der Waals surface area contributed by atoms with Crippen molar-refractivity contribution in [3.63, 3.8) is 0 Å². The number of nitrogens with zero attached hydrogens (tertiary/aromatic N) is 2. The van der Waals surface area contributed by atoms with Crippen LogP contribution in [-0.2, 0) is 20.9 Å². The second-order valence-electron chi connectivity index (χ2n) is 6.72. The summed E-state index contributed by atoms with van der Waals surface area (Å²) in [7, 11) is 5.81. The van der Waals surface area contributed by atoms with E-state index < -0.39 is 5.97 Å². The first-order valence-electron chi connectivity index (χ1n) is 9.47. The van der Waals surface area contributed by atoms with Gasteiger partial charge in [0.1, 0.15) is 0 Å². The molecule has 0 saturated heterocycles. The van der Waals surface area contributed by atoms with Crippen molar-refractivity contribution < 1.29 is 28.5 Å². The second-order valence-corrected chi connectivity index (χ2v) is 6.72. The summed E-state index contributed by atoms with van der Waals surface area (Å²) in [5.74, 6) is 0.412. The third kappa shape index (κ3) is 4.23. The maximum absolute atomic E-state index is 13.3. The minimum absolute atomic E-state index is 0.213. The summed E-state index contributed by atoms with van der Waals surface area (Å²) < 4.78 is 21.1. The lowest BCUT2D eigenvalue weighted by atomic mass is 10.0. The number of esters is 1. The van der Waals surface area contributed by atoms with Gasteiger partial charge >= 0.3 is 5.97 Å². The van der Waals surface area contributed by atoms with Crippen molar-refractivity contribution in [3.8, 4) is 17.2 Å². The lowest BCUT2D eigenvalue weighted by Crippen LogP contribution is -2.24. The molecule has 1 amide bonds. The molecule has 0 aliphatic carbocycles. The number of hydrogen-bond donors (Lipinski definition) is 0. The first kappa shape index (κ1) is 21.9. The van der Waals surface area contributed by atoms with Gasteiger partial charge in [0.25, 0.3) is 5.91 Å². The molecule has 8 heteroatoms. The van der Waals surface area contributed by atoms with Crippen LogP contribution in [0, 0.1) is 0 Å². The smallest absolute Gasteiger partial charge is 0.340 e.